The first-order valence-electron chi connectivity index (χ1n) is 17.3. The highest BCUT2D eigenvalue weighted by molar-refractivity contribution is 4.55. The summed E-state index contributed by atoms with van der Waals surface area (Å²) in [6.45, 7) is 7.62. The smallest absolute Gasteiger partial charge is 0.0836 e. The summed E-state index contributed by atoms with van der Waals surface area (Å²) in [6, 6.07) is 0. The molecule has 1 nitrogen and oxygen atoms in total. The minimum atomic E-state index is 0.940. The van der Waals surface area contributed by atoms with Crippen LogP contribution in [0, 0.1) is 6.61 Å². The van der Waals surface area contributed by atoms with E-state index in [0.29, 0.717) is 0 Å². The van der Waals surface area contributed by atoms with Gasteiger partial charge in [-0.1, -0.05) is 200 Å². The molecular formula is C35H71O. The monoisotopic (exact) mass is 508 g/mol. The molecule has 36 heavy (non-hydrogen) atoms. The molecule has 0 amide bonds. The molecule has 0 aromatic rings. The Balaban J connectivity index is 3.00. The van der Waals surface area contributed by atoms with Gasteiger partial charge in [0.1, 0.15) is 0 Å². The quantitative estimate of drug-likeness (QED) is 0.0802. The summed E-state index contributed by atoms with van der Waals surface area (Å²) in [4.78, 5) is 0. The molecule has 1 radical (unpaired) electrons. The summed E-state index contributed by atoms with van der Waals surface area (Å²) in [5.74, 6) is 0. The molecule has 0 aliphatic heterocycles. The van der Waals surface area contributed by atoms with Crippen molar-refractivity contribution in [2.45, 2.75) is 213 Å². The molecule has 0 fully saturated rings. The number of rotatable bonds is 33. The number of unbranched alkanes of at least 4 members (excludes halogenated alkanes) is 29. The Bertz CT molecular complexity index is 319. The number of hydrogen-bond acceptors (Lipinski definition) is 1. The van der Waals surface area contributed by atoms with E-state index in [9.17, 15) is 0 Å². The number of ether oxygens (including phenoxy) is 1. The van der Waals surface area contributed by atoms with E-state index in [1.54, 1.807) is 0 Å². The van der Waals surface area contributed by atoms with Crippen LogP contribution >= 0.6 is 0 Å². The van der Waals surface area contributed by atoms with Gasteiger partial charge in [0.2, 0.25) is 0 Å². The predicted molar refractivity (Wildman–Crippen MR) is 165 cm³/mol. The average Bonchev–Trinajstić information content (AvgIpc) is 2.89. The normalized spacial score (nSPS) is 11.5. The molecule has 0 N–H and O–H groups in total. The predicted octanol–water partition coefficient (Wildman–Crippen LogP) is 13.3. The largest absolute Gasteiger partial charge is 0.376 e. The molecule has 0 aliphatic rings. The van der Waals surface area contributed by atoms with Gasteiger partial charge in [0.25, 0.3) is 0 Å². The van der Waals surface area contributed by atoms with Crippen molar-refractivity contribution in [3.05, 3.63) is 6.61 Å². The van der Waals surface area contributed by atoms with Gasteiger partial charge >= 0.3 is 0 Å². The molecule has 0 aromatic heterocycles. The van der Waals surface area contributed by atoms with Gasteiger partial charge in [-0.3, -0.25) is 0 Å². The molecule has 0 rings (SSSR count). The zero-order valence-corrected chi connectivity index (χ0v) is 25.6. The molecule has 0 aromatic carbocycles. The van der Waals surface area contributed by atoms with Gasteiger partial charge in [-0.2, -0.15) is 0 Å². The lowest BCUT2D eigenvalue weighted by Crippen LogP contribution is -1.92. The van der Waals surface area contributed by atoms with Gasteiger partial charge in [-0.25, -0.2) is 0 Å². The van der Waals surface area contributed by atoms with Crippen molar-refractivity contribution in [1.82, 2.24) is 0 Å². The van der Waals surface area contributed by atoms with Gasteiger partial charge in [-0.05, 0) is 12.8 Å². The van der Waals surface area contributed by atoms with Crippen molar-refractivity contribution < 1.29 is 4.74 Å². The topological polar surface area (TPSA) is 9.23 Å². The first-order chi connectivity index (χ1) is 17.9. The van der Waals surface area contributed by atoms with E-state index >= 15 is 0 Å². The van der Waals surface area contributed by atoms with Crippen LogP contribution < -0.4 is 0 Å². The third-order valence-corrected chi connectivity index (χ3v) is 7.91. The van der Waals surface area contributed by atoms with Gasteiger partial charge in [0.15, 0.2) is 0 Å². The Hall–Kier alpha value is -0.0400. The van der Waals surface area contributed by atoms with Gasteiger partial charge in [-0.15, -0.1) is 0 Å². The Morgan fingerprint density at radius 2 is 0.556 bits per heavy atom. The van der Waals surface area contributed by atoms with Crippen LogP contribution in [0.15, 0.2) is 0 Å². The lowest BCUT2D eigenvalue weighted by molar-refractivity contribution is 0.183. The molecule has 0 saturated carbocycles. The molecular weight excluding hydrogens is 436 g/mol. The second kappa shape index (κ2) is 35.0. The third kappa shape index (κ3) is 34.0. The van der Waals surface area contributed by atoms with E-state index in [0.717, 1.165) is 13.0 Å². The lowest BCUT2D eigenvalue weighted by atomic mass is 10.0. The Morgan fingerprint density at radius 3 is 0.861 bits per heavy atom. The van der Waals surface area contributed by atoms with Crippen molar-refractivity contribution in [3.8, 4) is 0 Å². The lowest BCUT2D eigenvalue weighted by Gasteiger charge is -2.05. The maximum Gasteiger partial charge on any atom is 0.0836 e. The SMILES string of the molecule is CCCCCCCCCCCCCCCCCCCCCCC[CH]OCCCCCCCCCCC. The molecule has 0 atom stereocenters. The zero-order valence-electron chi connectivity index (χ0n) is 25.6. The molecule has 0 saturated heterocycles. The summed E-state index contributed by atoms with van der Waals surface area (Å²) in [7, 11) is 0. The minimum absolute atomic E-state index is 0.940. The van der Waals surface area contributed by atoms with Crippen molar-refractivity contribution in [3.63, 3.8) is 0 Å². The van der Waals surface area contributed by atoms with E-state index in [2.05, 4.69) is 20.5 Å². The summed E-state index contributed by atoms with van der Waals surface area (Å²) in [6.07, 6.45) is 44.2. The third-order valence-electron chi connectivity index (χ3n) is 7.91. The molecule has 0 bridgehead atoms. The van der Waals surface area contributed by atoms with Crippen molar-refractivity contribution in [2.24, 2.45) is 0 Å². The maximum atomic E-state index is 5.71. The van der Waals surface area contributed by atoms with Crippen LogP contribution in [-0.2, 0) is 4.74 Å². The summed E-state index contributed by atoms with van der Waals surface area (Å²) >= 11 is 0. The molecule has 217 valence electrons. The summed E-state index contributed by atoms with van der Waals surface area (Å²) in [5.41, 5.74) is 0. The number of hydrogen-bond donors (Lipinski definition) is 0. The Morgan fingerprint density at radius 1 is 0.306 bits per heavy atom. The fourth-order valence-electron chi connectivity index (χ4n) is 5.32. The molecule has 1 heteroatoms. The fraction of sp³-hybridized carbons (Fsp3) is 0.971. The highest BCUT2D eigenvalue weighted by Gasteiger charge is 1.97. The van der Waals surface area contributed by atoms with Crippen LogP contribution in [0.5, 0.6) is 0 Å². The fourth-order valence-corrected chi connectivity index (χ4v) is 5.32. The van der Waals surface area contributed by atoms with Crippen LogP contribution in [0.1, 0.15) is 213 Å². The summed E-state index contributed by atoms with van der Waals surface area (Å²) in [5, 5.41) is 0. The van der Waals surface area contributed by atoms with E-state index in [4.69, 9.17) is 4.74 Å². The summed E-state index contributed by atoms with van der Waals surface area (Å²) < 4.78 is 5.71. The van der Waals surface area contributed by atoms with Crippen LogP contribution in [0.4, 0.5) is 0 Å². The van der Waals surface area contributed by atoms with E-state index in [1.165, 1.54) is 193 Å². The zero-order chi connectivity index (χ0) is 26.0. The van der Waals surface area contributed by atoms with Crippen molar-refractivity contribution >= 4 is 0 Å². The first-order valence-corrected chi connectivity index (χ1v) is 17.3. The minimum Gasteiger partial charge on any atom is -0.376 e. The van der Waals surface area contributed by atoms with Crippen molar-refractivity contribution in [1.29, 1.82) is 0 Å². The second-order valence-electron chi connectivity index (χ2n) is 11.7. The molecule has 0 aliphatic carbocycles. The second-order valence-corrected chi connectivity index (χ2v) is 11.7. The Kier molecular flexibility index (Phi) is 34.9. The average molecular weight is 508 g/mol. The van der Waals surface area contributed by atoms with E-state index in [1.807, 2.05) is 0 Å². The molecule has 0 unspecified atom stereocenters. The van der Waals surface area contributed by atoms with E-state index in [-0.39, 0.29) is 0 Å². The van der Waals surface area contributed by atoms with Gasteiger partial charge in [0.05, 0.1) is 6.61 Å². The van der Waals surface area contributed by atoms with Gasteiger partial charge < -0.3 is 4.74 Å². The highest BCUT2D eigenvalue weighted by atomic mass is 16.5. The first kappa shape index (κ1) is 36.0. The van der Waals surface area contributed by atoms with Crippen LogP contribution in [-0.4, -0.2) is 6.61 Å². The van der Waals surface area contributed by atoms with E-state index < -0.39 is 0 Å². The Labute approximate surface area is 230 Å². The molecule has 0 spiro atoms. The van der Waals surface area contributed by atoms with Crippen LogP contribution in [0.25, 0.3) is 0 Å². The van der Waals surface area contributed by atoms with Crippen LogP contribution in [0.3, 0.4) is 0 Å². The standard InChI is InChI=1S/C35H71O/c1-3-5-7-9-11-13-14-15-16-17-18-19-20-21-22-23-24-25-27-29-31-33-35-36-34-32-30-28-26-12-10-8-6-4-2/h35H,3-34H2,1-2H3. The maximum absolute atomic E-state index is 5.71. The highest BCUT2D eigenvalue weighted by Crippen LogP contribution is 2.15. The van der Waals surface area contributed by atoms with Gasteiger partial charge in [0, 0.05) is 6.61 Å². The molecule has 0 heterocycles. The van der Waals surface area contributed by atoms with Crippen molar-refractivity contribution in [2.75, 3.05) is 6.61 Å². The van der Waals surface area contributed by atoms with Crippen LogP contribution in [0.2, 0.25) is 0 Å².